The van der Waals surface area contributed by atoms with Crippen molar-refractivity contribution in [1.29, 1.82) is 5.26 Å². The van der Waals surface area contributed by atoms with Crippen LogP contribution in [0.2, 0.25) is 0 Å². The molecule has 0 aromatic heterocycles. The van der Waals surface area contributed by atoms with Crippen LogP contribution >= 0.6 is 0 Å². The topological polar surface area (TPSA) is 33.0 Å². The van der Waals surface area contributed by atoms with Gasteiger partial charge in [-0.15, -0.1) is 0 Å². The minimum atomic E-state index is -0.361. The molecular weight excluding hydrogens is 422 g/mol. The van der Waals surface area contributed by atoms with E-state index in [1.807, 2.05) is 44.2 Å². The van der Waals surface area contributed by atoms with Gasteiger partial charge in [-0.05, 0) is 19.4 Å². The Morgan fingerprint density at radius 1 is 1.29 bits per heavy atom. The minimum Gasteiger partial charge on any atom is -1.00 e. The van der Waals surface area contributed by atoms with E-state index in [0.29, 0.717) is 6.61 Å². The van der Waals surface area contributed by atoms with Crippen molar-refractivity contribution in [2.75, 3.05) is 6.61 Å². The summed E-state index contributed by atoms with van der Waals surface area (Å²) >= 11 is 0. The van der Waals surface area contributed by atoms with Gasteiger partial charge in [0, 0.05) is 0 Å². The molecule has 1 aliphatic heterocycles. The first kappa shape index (κ1) is 16.9. The Balaban J connectivity index is 0.00000128. The smallest absolute Gasteiger partial charge is 1.00 e. The van der Waals surface area contributed by atoms with Crippen LogP contribution in [0.15, 0.2) is 30.3 Å². The first-order valence-electron chi connectivity index (χ1n) is 5.10. The maximum absolute atomic E-state index is 9.18. The third-order valence-corrected chi connectivity index (χ3v) is 2.92. The van der Waals surface area contributed by atoms with Crippen LogP contribution in [-0.2, 0) is 32.4 Å². The van der Waals surface area contributed by atoms with Gasteiger partial charge in [0.15, 0.2) is 0 Å². The van der Waals surface area contributed by atoms with Crippen LogP contribution in [0.3, 0.4) is 0 Å². The van der Waals surface area contributed by atoms with Crippen molar-refractivity contribution in [3.05, 3.63) is 41.8 Å². The number of ether oxygens (including phenoxy) is 1. The van der Waals surface area contributed by atoms with Crippen molar-refractivity contribution < 1.29 is 44.8 Å². The molecule has 1 aromatic carbocycles. The van der Waals surface area contributed by atoms with Crippen molar-refractivity contribution in [1.82, 2.24) is 0 Å². The number of benzene rings is 1. The van der Waals surface area contributed by atoms with Crippen LogP contribution in [-0.4, -0.2) is 12.2 Å². The van der Waals surface area contributed by atoms with Gasteiger partial charge >= 0.3 is 27.7 Å². The molecule has 1 saturated heterocycles. The fourth-order valence-corrected chi connectivity index (χ4v) is 1.99. The number of halogens is 1. The largest absolute Gasteiger partial charge is 1.00 e. The standard InChI is InChI=1S/C13H14NO.ClH.Hg/c1-13(2)12(8-14)11(9-15-13)10-6-4-3-5-7-10;;/h3-7,12H,9H2,1-2H3;1H;/q;;+1/p-1. The van der Waals surface area contributed by atoms with Crippen LogP contribution in [0.4, 0.5) is 0 Å². The van der Waals surface area contributed by atoms with E-state index in [2.05, 4.69) is 6.07 Å². The SMILES string of the molecule is CC1(C)OC[C](c2ccccc2)C1C#N.[Cl-].[Hg+]. The van der Waals surface area contributed by atoms with Gasteiger partial charge in [-0.3, -0.25) is 0 Å². The second kappa shape index (κ2) is 6.73. The summed E-state index contributed by atoms with van der Waals surface area (Å²) in [7, 11) is 0. The zero-order valence-corrected chi connectivity index (χ0v) is 16.4. The maximum Gasteiger partial charge on any atom is 1.00 e. The monoisotopic (exact) mass is 437 g/mol. The predicted molar refractivity (Wildman–Crippen MR) is 57.9 cm³/mol. The average molecular weight is 436 g/mol. The van der Waals surface area contributed by atoms with Crippen molar-refractivity contribution in [2.24, 2.45) is 5.92 Å². The second-order valence-corrected chi connectivity index (χ2v) is 4.35. The molecule has 0 bridgehead atoms. The maximum atomic E-state index is 9.18. The number of hydrogen-bond acceptors (Lipinski definition) is 2. The second-order valence-electron chi connectivity index (χ2n) is 4.35. The number of nitriles is 1. The zero-order chi connectivity index (χ0) is 10.9. The van der Waals surface area contributed by atoms with Gasteiger partial charge in [-0.25, -0.2) is 0 Å². The summed E-state index contributed by atoms with van der Waals surface area (Å²) in [5, 5.41) is 9.18. The van der Waals surface area contributed by atoms with Gasteiger partial charge in [0.25, 0.3) is 0 Å². The van der Waals surface area contributed by atoms with E-state index in [9.17, 15) is 5.26 Å². The van der Waals surface area contributed by atoms with E-state index in [0.717, 1.165) is 11.5 Å². The summed E-state index contributed by atoms with van der Waals surface area (Å²) in [6.07, 6.45) is 0. The fourth-order valence-electron chi connectivity index (χ4n) is 1.99. The molecule has 17 heavy (non-hydrogen) atoms. The third kappa shape index (κ3) is 3.43. The quantitative estimate of drug-likeness (QED) is 0.560. The summed E-state index contributed by atoms with van der Waals surface area (Å²) < 4.78 is 5.65. The van der Waals surface area contributed by atoms with Gasteiger partial charge in [0.1, 0.15) is 0 Å². The Bertz CT molecular complexity index is 388. The fraction of sp³-hybridized carbons (Fsp3) is 0.385. The molecule has 0 saturated carbocycles. The first-order chi connectivity index (χ1) is 7.15. The average Bonchev–Trinajstić information content (AvgIpc) is 2.54. The predicted octanol–water partition coefficient (Wildman–Crippen LogP) is -0.441. The molecule has 1 aliphatic rings. The first-order valence-corrected chi connectivity index (χ1v) is 5.10. The Morgan fingerprint density at radius 2 is 1.88 bits per heavy atom. The molecule has 2 nitrogen and oxygen atoms in total. The Hall–Kier alpha value is -0.105. The molecule has 1 heterocycles. The van der Waals surface area contributed by atoms with Crippen molar-refractivity contribution in [3.8, 4) is 6.07 Å². The van der Waals surface area contributed by atoms with Gasteiger partial charge < -0.3 is 17.1 Å². The van der Waals surface area contributed by atoms with E-state index in [1.165, 1.54) is 0 Å². The third-order valence-electron chi connectivity index (χ3n) is 2.92. The van der Waals surface area contributed by atoms with Gasteiger partial charge in [-0.2, -0.15) is 5.26 Å². The van der Waals surface area contributed by atoms with Crippen LogP contribution in [0, 0.1) is 23.2 Å². The van der Waals surface area contributed by atoms with Crippen molar-refractivity contribution in [3.63, 3.8) is 0 Å². The van der Waals surface area contributed by atoms with Crippen LogP contribution in [0.1, 0.15) is 19.4 Å². The van der Waals surface area contributed by atoms with E-state index in [1.54, 1.807) is 0 Å². The van der Waals surface area contributed by atoms with Crippen LogP contribution < -0.4 is 12.4 Å². The molecule has 1 unspecified atom stereocenters. The molecule has 0 N–H and O–H groups in total. The molecule has 2 rings (SSSR count). The zero-order valence-electron chi connectivity index (χ0n) is 10.1. The Labute approximate surface area is 129 Å². The molecule has 86 valence electrons. The normalized spacial score (nSPS) is 22.1. The summed E-state index contributed by atoms with van der Waals surface area (Å²) in [6, 6.07) is 12.4. The van der Waals surface area contributed by atoms with Crippen molar-refractivity contribution in [2.45, 2.75) is 19.4 Å². The van der Waals surface area contributed by atoms with Crippen LogP contribution in [0.5, 0.6) is 0 Å². The Morgan fingerprint density at radius 3 is 2.41 bits per heavy atom. The summed E-state index contributed by atoms with van der Waals surface area (Å²) in [4.78, 5) is 0. The van der Waals surface area contributed by atoms with Gasteiger partial charge in [0.05, 0.1) is 30.1 Å². The minimum absolute atomic E-state index is 0. The van der Waals surface area contributed by atoms with Gasteiger partial charge in [0.2, 0.25) is 0 Å². The van der Waals surface area contributed by atoms with E-state index >= 15 is 0 Å². The number of nitrogens with zero attached hydrogens (tertiary/aromatic N) is 1. The van der Waals surface area contributed by atoms with Gasteiger partial charge in [-0.1, -0.05) is 30.3 Å². The Kier molecular flexibility index (Phi) is 6.69. The molecule has 1 fully saturated rings. The molecule has 2 radical (unpaired) electrons. The summed E-state index contributed by atoms with van der Waals surface area (Å²) in [6.45, 7) is 4.50. The van der Waals surface area contributed by atoms with E-state index < -0.39 is 0 Å². The molecule has 0 amide bonds. The van der Waals surface area contributed by atoms with E-state index in [-0.39, 0.29) is 51.6 Å². The van der Waals surface area contributed by atoms with E-state index in [4.69, 9.17) is 4.74 Å². The van der Waals surface area contributed by atoms with Crippen LogP contribution in [0.25, 0.3) is 0 Å². The summed E-state index contributed by atoms with van der Waals surface area (Å²) in [5.41, 5.74) is 0.759. The molecule has 0 spiro atoms. The molecule has 1 aromatic rings. The molecular formula is C13H14ClHgNO. The molecule has 0 aliphatic carbocycles. The molecule has 4 heteroatoms. The number of hydrogen-bond donors (Lipinski definition) is 0. The number of rotatable bonds is 1. The molecule has 1 atom stereocenters. The summed E-state index contributed by atoms with van der Waals surface area (Å²) in [5.74, 6) is 0.961. The van der Waals surface area contributed by atoms with Crippen molar-refractivity contribution >= 4 is 0 Å².